The third-order valence-corrected chi connectivity index (χ3v) is 5.59. The van der Waals surface area contributed by atoms with Crippen molar-refractivity contribution in [3.8, 4) is 0 Å². The van der Waals surface area contributed by atoms with Gasteiger partial charge in [0.1, 0.15) is 0 Å². The van der Waals surface area contributed by atoms with Crippen LogP contribution in [0.2, 0.25) is 0 Å². The second-order valence-corrected chi connectivity index (χ2v) is 7.86. The zero-order valence-electron chi connectivity index (χ0n) is 18.5. The number of nitrogens with one attached hydrogen (secondary N) is 1. The molecule has 0 atom stereocenters. The number of rotatable bonds is 8. The summed E-state index contributed by atoms with van der Waals surface area (Å²) < 4.78 is 5.09. The minimum atomic E-state index is -0.242. The number of piperidine rings is 1. The normalized spacial score (nSPS) is 14.0. The van der Waals surface area contributed by atoms with Gasteiger partial charge in [-0.3, -0.25) is 9.59 Å². The highest BCUT2D eigenvalue weighted by Crippen LogP contribution is 2.19. The molecule has 1 aliphatic rings. The molecule has 7 nitrogen and oxygen atoms in total. The van der Waals surface area contributed by atoms with Gasteiger partial charge in [0, 0.05) is 38.3 Å². The Bertz CT molecular complexity index is 881. The van der Waals surface area contributed by atoms with Crippen LogP contribution in [-0.4, -0.2) is 53.9 Å². The second kappa shape index (κ2) is 11.9. The van der Waals surface area contributed by atoms with E-state index in [1.54, 1.807) is 16.7 Å². The van der Waals surface area contributed by atoms with Crippen LogP contribution in [0.3, 0.4) is 0 Å². The van der Waals surface area contributed by atoms with E-state index in [0.717, 1.165) is 5.56 Å². The summed E-state index contributed by atoms with van der Waals surface area (Å²) in [5.74, 6) is -0.311. The second-order valence-electron chi connectivity index (χ2n) is 7.86. The van der Waals surface area contributed by atoms with Gasteiger partial charge in [-0.25, -0.2) is 4.79 Å². The summed E-state index contributed by atoms with van der Waals surface area (Å²) in [5, 5.41) is 2.91. The first-order valence-corrected chi connectivity index (χ1v) is 11.2. The quantitative estimate of drug-likeness (QED) is 0.635. The van der Waals surface area contributed by atoms with Crippen LogP contribution in [0.15, 0.2) is 60.7 Å². The van der Waals surface area contributed by atoms with Crippen LogP contribution in [-0.2, 0) is 20.9 Å². The number of esters is 1. The molecule has 32 heavy (non-hydrogen) atoms. The van der Waals surface area contributed by atoms with E-state index in [1.807, 2.05) is 60.7 Å². The summed E-state index contributed by atoms with van der Waals surface area (Å²) in [6, 6.07) is 18.8. The fraction of sp³-hybridized carbons (Fsp3) is 0.400. The zero-order chi connectivity index (χ0) is 22.8. The maximum Gasteiger partial charge on any atom is 0.322 e. The van der Waals surface area contributed by atoms with Crippen molar-refractivity contribution in [2.75, 3.05) is 31.6 Å². The van der Waals surface area contributed by atoms with Crippen molar-refractivity contribution in [2.45, 2.75) is 32.7 Å². The lowest BCUT2D eigenvalue weighted by Crippen LogP contribution is -2.43. The first kappa shape index (κ1) is 23.3. The predicted octanol–water partition coefficient (Wildman–Crippen LogP) is 3.91. The molecule has 0 bridgehead atoms. The number of carbonyl (C=O) groups is 3. The molecule has 3 amide bonds. The Hall–Kier alpha value is -3.35. The zero-order valence-corrected chi connectivity index (χ0v) is 18.5. The Balaban J connectivity index is 1.56. The van der Waals surface area contributed by atoms with Crippen molar-refractivity contribution >= 4 is 23.6 Å². The third-order valence-electron chi connectivity index (χ3n) is 5.59. The van der Waals surface area contributed by atoms with E-state index in [4.69, 9.17) is 4.74 Å². The van der Waals surface area contributed by atoms with Gasteiger partial charge in [-0.1, -0.05) is 48.5 Å². The topological polar surface area (TPSA) is 79.0 Å². The molecule has 1 aliphatic heterocycles. The molecule has 2 aromatic rings. The summed E-state index contributed by atoms with van der Waals surface area (Å²) >= 11 is 0. The van der Waals surface area contributed by atoms with Crippen molar-refractivity contribution < 1.29 is 19.1 Å². The first-order valence-electron chi connectivity index (χ1n) is 11.2. The Morgan fingerprint density at radius 1 is 1.00 bits per heavy atom. The number of anilines is 1. The van der Waals surface area contributed by atoms with E-state index in [1.165, 1.54) is 0 Å². The SMILES string of the molecule is CCOC(=O)C1CCN(C(=O)CCN(Cc2ccccc2)C(=O)Nc2ccccc2)CC1. The summed E-state index contributed by atoms with van der Waals surface area (Å²) in [7, 11) is 0. The number of carbonyl (C=O) groups excluding carboxylic acids is 3. The van der Waals surface area contributed by atoms with Gasteiger partial charge in [-0.05, 0) is 37.5 Å². The van der Waals surface area contributed by atoms with Gasteiger partial charge in [-0.15, -0.1) is 0 Å². The maximum absolute atomic E-state index is 12.9. The maximum atomic E-state index is 12.9. The van der Waals surface area contributed by atoms with Gasteiger partial charge in [0.25, 0.3) is 0 Å². The molecule has 170 valence electrons. The lowest BCUT2D eigenvalue weighted by atomic mass is 9.97. The highest BCUT2D eigenvalue weighted by Gasteiger charge is 2.28. The van der Waals surface area contributed by atoms with Crippen molar-refractivity contribution in [3.05, 3.63) is 66.2 Å². The summed E-state index contributed by atoms with van der Waals surface area (Å²) in [6.07, 6.45) is 1.47. The van der Waals surface area contributed by atoms with Crippen molar-refractivity contribution in [2.24, 2.45) is 5.92 Å². The van der Waals surface area contributed by atoms with Crippen molar-refractivity contribution in [3.63, 3.8) is 0 Å². The molecule has 0 unspecified atom stereocenters. The Morgan fingerprint density at radius 2 is 1.62 bits per heavy atom. The lowest BCUT2D eigenvalue weighted by Gasteiger charge is -2.31. The van der Waals surface area contributed by atoms with Crippen LogP contribution >= 0.6 is 0 Å². The largest absolute Gasteiger partial charge is 0.466 e. The van der Waals surface area contributed by atoms with Crippen LogP contribution in [0, 0.1) is 5.92 Å². The molecule has 1 heterocycles. The standard InChI is InChI=1S/C25H31N3O4/c1-2-32-24(30)21-13-16-27(17-14-21)23(29)15-18-28(19-20-9-5-3-6-10-20)25(31)26-22-11-7-4-8-12-22/h3-12,21H,2,13-19H2,1H3,(H,26,31). The highest BCUT2D eigenvalue weighted by atomic mass is 16.5. The number of nitrogens with zero attached hydrogens (tertiary/aromatic N) is 2. The smallest absolute Gasteiger partial charge is 0.322 e. The van der Waals surface area contributed by atoms with Gasteiger partial charge in [0.15, 0.2) is 0 Å². The van der Waals surface area contributed by atoms with Crippen molar-refractivity contribution in [1.82, 2.24) is 9.80 Å². The average molecular weight is 438 g/mol. The molecular formula is C25H31N3O4. The summed E-state index contributed by atoms with van der Waals surface area (Å²) in [4.78, 5) is 41.1. The minimum absolute atomic E-state index is 0.00196. The van der Waals surface area contributed by atoms with Crippen LogP contribution in [0.1, 0.15) is 31.7 Å². The number of ether oxygens (including phenoxy) is 1. The number of urea groups is 1. The van der Waals surface area contributed by atoms with Crippen LogP contribution in [0.5, 0.6) is 0 Å². The van der Waals surface area contributed by atoms with E-state index in [9.17, 15) is 14.4 Å². The first-order chi connectivity index (χ1) is 15.6. The van der Waals surface area contributed by atoms with Crippen LogP contribution in [0.4, 0.5) is 10.5 Å². The molecule has 0 spiro atoms. The van der Waals surface area contributed by atoms with Crippen molar-refractivity contribution in [1.29, 1.82) is 0 Å². The Kier molecular flexibility index (Phi) is 8.66. The monoisotopic (exact) mass is 437 g/mol. The molecular weight excluding hydrogens is 406 g/mol. The van der Waals surface area contributed by atoms with Crippen LogP contribution in [0.25, 0.3) is 0 Å². The van der Waals surface area contributed by atoms with Crippen LogP contribution < -0.4 is 5.32 Å². The molecule has 7 heteroatoms. The van der Waals surface area contributed by atoms with Gasteiger partial charge < -0.3 is 19.9 Å². The number of hydrogen-bond donors (Lipinski definition) is 1. The molecule has 0 radical (unpaired) electrons. The molecule has 1 N–H and O–H groups in total. The highest BCUT2D eigenvalue weighted by molar-refractivity contribution is 5.89. The molecule has 1 saturated heterocycles. The van der Waals surface area contributed by atoms with Gasteiger partial charge in [-0.2, -0.15) is 0 Å². The number of likely N-dealkylation sites (tertiary alicyclic amines) is 1. The molecule has 0 aliphatic carbocycles. The molecule has 2 aromatic carbocycles. The lowest BCUT2D eigenvalue weighted by molar-refractivity contribution is -0.151. The van der Waals surface area contributed by atoms with Gasteiger partial charge in [0.2, 0.25) is 5.91 Å². The number of para-hydroxylation sites is 1. The predicted molar refractivity (Wildman–Crippen MR) is 123 cm³/mol. The third kappa shape index (κ3) is 6.83. The van der Waals surface area contributed by atoms with E-state index in [2.05, 4.69) is 5.32 Å². The van der Waals surface area contributed by atoms with E-state index in [0.29, 0.717) is 51.3 Å². The summed E-state index contributed by atoms with van der Waals surface area (Å²) in [6.45, 7) is 3.97. The van der Waals surface area contributed by atoms with Gasteiger partial charge >= 0.3 is 12.0 Å². The van der Waals surface area contributed by atoms with E-state index >= 15 is 0 Å². The Labute approximate surface area is 189 Å². The van der Waals surface area contributed by atoms with E-state index < -0.39 is 0 Å². The molecule has 0 aromatic heterocycles. The van der Waals surface area contributed by atoms with Gasteiger partial charge in [0.05, 0.1) is 12.5 Å². The number of amides is 3. The number of benzene rings is 2. The van der Waals surface area contributed by atoms with E-state index in [-0.39, 0.29) is 30.2 Å². The Morgan fingerprint density at radius 3 is 2.25 bits per heavy atom. The minimum Gasteiger partial charge on any atom is -0.466 e. The summed E-state index contributed by atoms with van der Waals surface area (Å²) in [5.41, 5.74) is 1.71. The average Bonchev–Trinajstić information content (AvgIpc) is 2.83. The molecule has 3 rings (SSSR count). The fourth-order valence-corrected chi connectivity index (χ4v) is 3.79. The number of hydrogen-bond acceptors (Lipinski definition) is 4. The molecule has 1 fully saturated rings. The fourth-order valence-electron chi connectivity index (χ4n) is 3.79. The molecule has 0 saturated carbocycles.